The van der Waals surface area contributed by atoms with Gasteiger partial charge in [-0.25, -0.2) is 0 Å². The number of rotatable bonds is 1. The SMILES string of the molecule is C=CC1C2CC(Cl)C1c1ccccc12. The van der Waals surface area contributed by atoms with E-state index in [4.69, 9.17) is 11.6 Å². The lowest BCUT2D eigenvalue weighted by atomic mass is 9.92. The highest BCUT2D eigenvalue weighted by atomic mass is 35.5. The van der Waals surface area contributed by atoms with Crippen LogP contribution in [0, 0.1) is 5.92 Å². The van der Waals surface area contributed by atoms with E-state index in [1.54, 1.807) is 0 Å². The summed E-state index contributed by atoms with van der Waals surface area (Å²) in [5, 5.41) is 0.318. The second-order valence-electron chi connectivity index (χ2n) is 4.33. The van der Waals surface area contributed by atoms with E-state index in [0.717, 1.165) is 6.42 Å². The molecule has 0 spiro atoms. The molecule has 0 saturated heterocycles. The first kappa shape index (κ1) is 8.55. The van der Waals surface area contributed by atoms with Gasteiger partial charge in [0.2, 0.25) is 0 Å². The minimum Gasteiger partial charge on any atom is -0.122 e. The first-order valence-corrected chi connectivity index (χ1v) is 5.62. The molecule has 14 heavy (non-hydrogen) atoms. The monoisotopic (exact) mass is 204 g/mol. The largest absolute Gasteiger partial charge is 0.122 e. The summed E-state index contributed by atoms with van der Waals surface area (Å²) in [6.07, 6.45) is 3.22. The molecular formula is C13H13Cl. The minimum absolute atomic E-state index is 0.318. The Labute approximate surface area is 89.6 Å². The van der Waals surface area contributed by atoms with E-state index < -0.39 is 0 Å². The quantitative estimate of drug-likeness (QED) is 0.484. The average Bonchev–Trinajstić information content (AvgIpc) is 2.69. The molecule has 3 rings (SSSR count). The van der Waals surface area contributed by atoms with Crippen molar-refractivity contribution in [2.24, 2.45) is 5.92 Å². The van der Waals surface area contributed by atoms with Crippen molar-refractivity contribution in [2.45, 2.75) is 23.6 Å². The van der Waals surface area contributed by atoms with Gasteiger partial charge in [-0.05, 0) is 29.4 Å². The Morgan fingerprint density at radius 1 is 1.29 bits per heavy atom. The highest BCUT2D eigenvalue weighted by Crippen LogP contribution is 2.59. The summed E-state index contributed by atoms with van der Waals surface area (Å²) >= 11 is 6.36. The summed E-state index contributed by atoms with van der Waals surface area (Å²) in [7, 11) is 0. The van der Waals surface area contributed by atoms with Crippen LogP contribution in [0.3, 0.4) is 0 Å². The molecule has 4 unspecified atom stereocenters. The van der Waals surface area contributed by atoms with Crippen LogP contribution in [0.5, 0.6) is 0 Å². The number of fused-ring (bicyclic) bond motifs is 5. The van der Waals surface area contributed by atoms with Crippen molar-refractivity contribution >= 4 is 11.6 Å². The zero-order valence-corrected chi connectivity index (χ0v) is 8.74. The lowest BCUT2D eigenvalue weighted by molar-refractivity contribution is 0.596. The molecule has 0 aliphatic heterocycles. The highest BCUT2D eigenvalue weighted by Gasteiger charge is 2.49. The van der Waals surface area contributed by atoms with Crippen molar-refractivity contribution in [2.75, 3.05) is 0 Å². The summed E-state index contributed by atoms with van der Waals surface area (Å²) < 4.78 is 0. The van der Waals surface area contributed by atoms with Crippen LogP contribution in [0.2, 0.25) is 0 Å². The Balaban J connectivity index is 2.17. The van der Waals surface area contributed by atoms with Crippen LogP contribution in [0.25, 0.3) is 0 Å². The third kappa shape index (κ3) is 0.899. The summed E-state index contributed by atoms with van der Waals surface area (Å²) in [5.41, 5.74) is 2.98. The number of hydrogen-bond donors (Lipinski definition) is 0. The second kappa shape index (κ2) is 2.87. The van der Waals surface area contributed by atoms with Gasteiger partial charge in [-0.2, -0.15) is 0 Å². The smallest absolute Gasteiger partial charge is 0.0416 e. The molecule has 1 fully saturated rings. The third-order valence-electron chi connectivity index (χ3n) is 3.77. The van der Waals surface area contributed by atoms with Gasteiger partial charge < -0.3 is 0 Å². The van der Waals surface area contributed by atoms with Crippen molar-refractivity contribution < 1.29 is 0 Å². The maximum absolute atomic E-state index is 6.36. The summed E-state index contributed by atoms with van der Waals surface area (Å²) in [6.45, 7) is 3.94. The number of halogens is 1. The zero-order chi connectivity index (χ0) is 9.71. The number of alkyl halides is 1. The number of benzene rings is 1. The van der Waals surface area contributed by atoms with E-state index in [1.165, 1.54) is 11.1 Å². The van der Waals surface area contributed by atoms with Gasteiger partial charge in [0.1, 0.15) is 0 Å². The van der Waals surface area contributed by atoms with Gasteiger partial charge in [-0.15, -0.1) is 18.2 Å². The minimum atomic E-state index is 0.318. The van der Waals surface area contributed by atoms with Crippen molar-refractivity contribution in [1.82, 2.24) is 0 Å². The molecule has 1 aromatic rings. The Hall–Kier alpha value is -0.750. The predicted molar refractivity (Wildman–Crippen MR) is 59.9 cm³/mol. The van der Waals surface area contributed by atoms with Gasteiger partial charge in [0, 0.05) is 11.3 Å². The molecule has 1 heteroatoms. The second-order valence-corrected chi connectivity index (χ2v) is 4.89. The molecule has 1 aromatic carbocycles. The summed E-state index contributed by atoms with van der Waals surface area (Å²) in [4.78, 5) is 0. The Morgan fingerprint density at radius 2 is 2.00 bits per heavy atom. The van der Waals surface area contributed by atoms with Gasteiger partial charge >= 0.3 is 0 Å². The zero-order valence-electron chi connectivity index (χ0n) is 7.99. The first-order valence-electron chi connectivity index (χ1n) is 5.18. The van der Waals surface area contributed by atoms with Gasteiger partial charge in [-0.3, -0.25) is 0 Å². The van der Waals surface area contributed by atoms with E-state index in [9.17, 15) is 0 Å². The van der Waals surface area contributed by atoms with Crippen molar-refractivity contribution in [3.63, 3.8) is 0 Å². The van der Waals surface area contributed by atoms with Gasteiger partial charge in [0.05, 0.1) is 0 Å². The normalized spacial score (nSPS) is 38.4. The van der Waals surface area contributed by atoms with E-state index in [2.05, 4.69) is 36.9 Å². The van der Waals surface area contributed by atoms with Crippen molar-refractivity contribution in [1.29, 1.82) is 0 Å². The van der Waals surface area contributed by atoms with Gasteiger partial charge in [0.25, 0.3) is 0 Å². The molecule has 4 atom stereocenters. The topological polar surface area (TPSA) is 0 Å². The van der Waals surface area contributed by atoms with E-state index in [0.29, 0.717) is 23.1 Å². The Bertz CT molecular complexity index is 383. The lowest BCUT2D eigenvalue weighted by Crippen LogP contribution is -2.10. The lowest BCUT2D eigenvalue weighted by Gasteiger charge is -2.18. The molecule has 0 aromatic heterocycles. The Morgan fingerprint density at radius 3 is 2.71 bits per heavy atom. The van der Waals surface area contributed by atoms with Crippen LogP contribution in [0.15, 0.2) is 36.9 Å². The third-order valence-corrected chi connectivity index (χ3v) is 4.22. The van der Waals surface area contributed by atoms with Crippen molar-refractivity contribution in [3.05, 3.63) is 48.0 Å². The van der Waals surface area contributed by atoms with Crippen LogP contribution in [0.4, 0.5) is 0 Å². The molecule has 2 aliphatic carbocycles. The standard InChI is InChI=1S/C13H13Cl/c1-2-8-11-7-12(14)13(8)10-6-4-3-5-9(10)11/h2-6,8,11-13H,1,7H2. The molecule has 0 radical (unpaired) electrons. The summed E-state index contributed by atoms with van der Waals surface area (Å²) in [5.74, 6) is 1.74. The molecule has 0 nitrogen and oxygen atoms in total. The molecule has 1 saturated carbocycles. The van der Waals surface area contributed by atoms with Crippen LogP contribution in [0.1, 0.15) is 29.4 Å². The van der Waals surface area contributed by atoms with Crippen LogP contribution in [-0.2, 0) is 0 Å². The molecule has 72 valence electrons. The molecule has 0 N–H and O–H groups in total. The average molecular weight is 205 g/mol. The Kier molecular flexibility index (Phi) is 1.75. The van der Waals surface area contributed by atoms with Gasteiger partial charge in [0.15, 0.2) is 0 Å². The van der Waals surface area contributed by atoms with E-state index in [1.807, 2.05) is 0 Å². The molecular weight excluding hydrogens is 192 g/mol. The molecule has 2 bridgehead atoms. The van der Waals surface area contributed by atoms with Crippen molar-refractivity contribution in [3.8, 4) is 0 Å². The first-order chi connectivity index (χ1) is 6.83. The maximum Gasteiger partial charge on any atom is 0.0416 e. The molecule has 0 heterocycles. The predicted octanol–water partition coefficient (Wildman–Crippen LogP) is 3.68. The fourth-order valence-corrected chi connectivity index (χ4v) is 3.73. The summed E-state index contributed by atoms with van der Waals surface area (Å²) in [6, 6.07) is 8.72. The van der Waals surface area contributed by atoms with Gasteiger partial charge in [-0.1, -0.05) is 30.3 Å². The van der Waals surface area contributed by atoms with E-state index >= 15 is 0 Å². The fourth-order valence-electron chi connectivity index (χ4n) is 3.24. The molecule has 2 aliphatic rings. The molecule has 0 amide bonds. The van der Waals surface area contributed by atoms with Crippen LogP contribution < -0.4 is 0 Å². The fraction of sp³-hybridized carbons (Fsp3) is 0.385. The van der Waals surface area contributed by atoms with E-state index in [-0.39, 0.29) is 0 Å². The highest BCUT2D eigenvalue weighted by molar-refractivity contribution is 6.21. The number of hydrogen-bond acceptors (Lipinski definition) is 0. The number of allylic oxidation sites excluding steroid dienone is 1. The van der Waals surface area contributed by atoms with Crippen LogP contribution in [-0.4, -0.2) is 5.38 Å². The maximum atomic E-state index is 6.36. The van der Waals surface area contributed by atoms with Crippen LogP contribution >= 0.6 is 11.6 Å².